The van der Waals surface area contributed by atoms with E-state index in [0.29, 0.717) is 6.54 Å². The van der Waals surface area contributed by atoms with Crippen LogP contribution in [0.25, 0.3) is 17.2 Å². The molecule has 1 aliphatic heterocycles. The Bertz CT molecular complexity index is 910. The summed E-state index contributed by atoms with van der Waals surface area (Å²) in [5, 5.41) is 0. The van der Waals surface area contributed by atoms with Crippen LogP contribution in [0.3, 0.4) is 0 Å². The first-order valence-corrected chi connectivity index (χ1v) is 7.78. The van der Waals surface area contributed by atoms with Crippen LogP contribution < -0.4 is 9.47 Å². The lowest BCUT2D eigenvalue weighted by Crippen LogP contribution is -2.43. The van der Waals surface area contributed by atoms with Gasteiger partial charge < -0.3 is 4.90 Å². The fourth-order valence-corrected chi connectivity index (χ4v) is 3.30. The first-order valence-electron chi connectivity index (χ1n) is 7.78. The lowest BCUT2D eigenvalue weighted by atomic mass is 10.2. The normalized spacial score (nSPS) is 13.3. The molecule has 3 aromatic rings. The molecule has 1 amide bonds. The number of carbonyl (C=O) groups is 1. The van der Waals surface area contributed by atoms with Crippen LogP contribution in [0.15, 0.2) is 61.4 Å². The van der Waals surface area contributed by atoms with Gasteiger partial charge in [-0.25, -0.2) is 9.13 Å². The van der Waals surface area contributed by atoms with Gasteiger partial charge in [0.2, 0.25) is 6.33 Å². The van der Waals surface area contributed by atoms with Crippen molar-refractivity contribution in [3.05, 3.63) is 67.0 Å². The topological polar surface area (TPSA) is 29.1 Å². The quantitative estimate of drug-likeness (QED) is 0.684. The number of benzene rings is 2. The van der Waals surface area contributed by atoms with E-state index in [4.69, 9.17) is 0 Å². The average Bonchev–Trinajstić information content (AvgIpc) is 3.17. The summed E-state index contributed by atoms with van der Waals surface area (Å²) in [4.78, 5) is 14.7. The molecule has 4 nitrogen and oxygen atoms in total. The third-order valence-electron chi connectivity index (χ3n) is 4.42. The summed E-state index contributed by atoms with van der Waals surface area (Å²) in [6.45, 7) is 4.93. The molecule has 23 heavy (non-hydrogen) atoms. The van der Waals surface area contributed by atoms with Gasteiger partial charge in [0.05, 0.1) is 6.20 Å². The van der Waals surface area contributed by atoms with Crippen molar-refractivity contribution >= 4 is 28.8 Å². The molecule has 0 saturated carbocycles. The molecule has 1 aromatic heterocycles. The van der Waals surface area contributed by atoms with E-state index >= 15 is 0 Å². The number of rotatable bonds is 3. The van der Waals surface area contributed by atoms with Gasteiger partial charge in [-0.1, -0.05) is 36.9 Å². The summed E-state index contributed by atoms with van der Waals surface area (Å²) >= 11 is 0. The number of carbonyl (C=O) groups excluding carboxylic acids is 1. The highest BCUT2D eigenvalue weighted by Gasteiger charge is 2.26. The molecule has 1 aliphatic rings. The number of anilines is 1. The largest absolute Gasteiger partial charge is 0.308 e. The van der Waals surface area contributed by atoms with Crippen molar-refractivity contribution in [2.75, 3.05) is 11.4 Å². The first kappa shape index (κ1) is 13.8. The molecular weight excluding hydrogens is 286 g/mol. The number of nitrogens with zero attached hydrogens (tertiary/aromatic N) is 3. The Hall–Kier alpha value is -2.88. The molecule has 114 valence electrons. The van der Waals surface area contributed by atoms with Gasteiger partial charge in [0.15, 0.2) is 17.6 Å². The second-order valence-corrected chi connectivity index (χ2v) is 5.75. The van der Waals surface area contributed by atoms with Crippen LogP contribution in [-0.4, -0.2) is 17.0 Å². The number of hydrogen-bond acceptors (Lipinski definition) is 1. The Morgan fingerprint density at radius 1 is 1.17 bits per heavy atom. The molecule has 0 bridgehead atoms. The predicted octanol–water partition coefficient (Wildman–Crippen LogP) is 2.62. The third kappa shape index (κ3) is 2.23. The monoisotopic (exact) mass is 304 g/mol. The van der Waals surface area contributed by atoms with Gasteiger partial charge >= 0.3 is 0 Å². The molecule has 2 aromatic carbocycles. The second-order valence-electron chi connectivity index (χ2n) is 5.75. The summed E-state index contributed by atoms with van der Waals surface area (Å²) in [7, 11) is 0. The third-order valence-corrected chi connectivity index (χ3v) is 4.42. The van der Waals surface area contributed by atoms with Gasteiger partial charge in [-0.3, -0.25) is 4.79 Å². The van der Waals surface area contributed by atoms with Crippen LogP contribution in [0.5, 0.6) is 0 Å². The van der Waals surface area contributed by atoms with E-state index < -0.39 is 0 Å². The van der Waals surface area contributed by atoms with Gasteiger partial charge in [-0.05, 0) is 30.2 Å². The molecule has 0 fully saturated rings. The predicted molar refractivity (Wildman–Crippen MR) is 91.0 cm³/mol. The Morgan fingerprint density at radius 2 is 1.96 bits per heavy atom. The summed E-state index contributed by atoms with van der Waals surface area (Å²) in [6, 6.07) is 16.2. The van der Waals surface area contributed by atoms with Crippen LogP contribution in [0.4, 0.5) is 5.69 Å². The highest BCUT2D eigenvalue weighted by atomic mass is 16.2. The van der Waals surface area contributed by atoms with Gasteiger partial charge in [0.1, 0.15) is 0 Å². The maximum absolute atomic E-state index is 12.8. The summed E-state index contributed by atoms with van der Waals surface area (Å²) in [5.41, 5.74) is 4.38. The molecule has 0 spiro atoms. The SMILES string of the molecule is C=Cn1c[n+](CC(=O)N2CCc3ccccc32)c2ccccc21. The molecule has 4 rings (SSSR count). The Labute approximate surface area is 134 Å². The summed E-state index contributed by atoms with van der Waals surface area (Å²) < 4.78 is 3.93. The minimum absolute atomic E-state index is 0.118. The number of imidazole rings is 1. The second kappa shape index (κ2) is 5.39. The van der Waals surface area contributed by atoms with Gasteiger partial charge in [0.25, 0.3) is 5.91 Å². The van der Waals surface area contributed by atoms with Crippen LogP contribution in [0.1, 0.15) is 5.56 Å². The molecule has 0 aliphatic carbocycles. The van der Waals surface area contributed by atoms with Crippen LogP contribution in [0.2, 0.25) is 0 Å². The Morgan fingerprint density at radius 3 is 2.83 bits per heavy atom. The zero-order valence-electron chi connectivity index (χ0n) is 12.9. The minimum Gasteiger partial charge on any atom is -0.308 e. The van der Waals surface area contributed by atoms with Crippen LogP contribution >= 0.6 is 0 Å². The molecule has 4 heteroatoms. The lowest BCUT2D eigenvalue weighted by Gasteiger charge is -2.16. The van der Waals surface area contributed by atoms with Crippen LogP contribution in [0, 0.1) is 0 Å². The minimum atomic E-state index is 0.118. The zero-order chi connectivity index (χ0) is 15.8. The molecule has 0 N–H and O–H groups in total. The molecule has 0 radical (unpaired) electrons. The zero-order valence-corrected chi connectivity index (χ0v) is 12.9. The molecule has 0 unspecified atom stereocenters. The smallest absolute Gasteiger partial charge is 0.269 e. The maximum atomic E-state index is 12.8. The van der Waals surface area contributed by atoms with Gasteiger partial charge in [0, 0.05) is 12.2 Å². The number of hydrogen-bond donors (Lipinski definition) is 0. The fraction of sp³-hybridized carbons (Fsp3) is 0.158. The average molecular weight is 304 g/mol. The van der Waals surface area contributed by atoms with E-state index in [2.05, 4.69) is 12.6 Å². The van der Waals surface area contributed by atoms with E-state index in [1.54, 1.807) is 6.20 Å². The highest BCUT2D eigenvalue weighted by Crippen LogP contribution is 2.27. The van der Waals surface area contributed by atoms with E-state index in [1.807, 2.05) is 62.8 Å². The van der Waals surface area contributed by atoms with Crippen molar-refractivity contribution < 1.29 is 9.36 Å². The Balaban J connectivity index is 1.67. The summed E-state index contributed by atoms with van der Waals surface area (Å²) in [6.07, 6.45) is 4.62. The van der Waals surface area contributed by atoms with E-state index in [-0.39, 0.29) is 5.91 Å². The van der Waals surface area contributed by atoms with Crippen molar-refractivity contribution in [2.24, 2.45) is 0 Å². The van der Waals surface area contributed by atoms with E-state index in [0.717, 1.165) is 29.7 Å². The number of amides is 1. The van der Waals surface area contributed by atoms with Gasteiger partial charge in [-0.15, -0.1) is 0 Å². The number of fused-ring (bicyclic) bond motifs is 2. The first-order chi connectivity index (χ1) is 11.3. The lowest BCUT2D eigenvalue weighted by molar-refractivity contribution is -0.658. The van der Waals surface area contributed by atoms with Crippen molar-refractivity contribution in [2.45, 2.75) is 13.0 Å². The molecule has 0 saturated heterocycles. The van der Waals surface area contributed by atoms with Crippen LogP contribution in [-0.2, 0) is 17.8 Å². The highest BCUT2D eigenvalue weighted by molar-refractivity contribution is 5.94. The van der Waals surface area contributed by atoms with E-state index in [9.17, 15) is 4.79 Å². The van der Waals surface area contributed by atoms with Crippen molar-refractivity contribution in [1.82, 2.24) is 4.57 Å². The van der Waals surface area contributed by atoms with E-state index in [1.165, 1.54) is 5.56 Å². The maximum Gasteiger partial charge on any atom is 0.269 e. The number of aromatic nitrogens is 2. The van der Waals surface area contributed by atoms with Gasteiger partial charge in [-0.2, -0.15) is 0 Å². The molecule has 2 heterocycles. The van der Waals surface area contributed by atoms with Crippen molar-refractivity contribution in [3.8, 4) is 0 Å². The molecule has 0 atom stereocenters. The molecular formula is C19H18N3O+. The summed E-state index contributed by atoms with van der Waals surface area (Å²) in [5.74, 6) is 0.118. The van der Waals surface area contributed by atoms with Crippen molar-refractivity contribution in [3.63, 3.8) is 0 Å². The van der Waals surface area contributed by atoms with Crippen molar-refractivity contribution in [1.29, 1.82) is 0 Å². The fourth-order valence-electron chi connectivity index (χ4n) is 3.30. The Kier molecular flexibility index (Phi) is 3.23. The standard InChI is InChI=1S/C19H18N3O/c1-2-20-14-21(18-10-6-5-9-17(18)20)13-19(23)22-12-11-15-7-3-4-8-16(15)22/h2-10,14H,1,11-13H2/q+1. The number of para-hydroxylation sites is 3.